The van der Waals surface area contributed by atoms with Crippen molar-refractivity contribution in [3.05, 3.63) is 267 Å². The third-order valence-corrected chi connectivity index (χ3v) is 18.5. The van der Waals surface area contributed by atoms with Gasteiger partial charge in [0.05, 0.1) is 0 Å². The summed E-state index contributed by atoms with van der Waals surface area (Å²) < 4.78 is 1.53. The van der Waals surface area contributed by atoms with E-state index in [1.807, 2.05) is 0 Å². The molecule has 12 aromatic carbocycles. The molecule has 0 aliphatic rings. The number of anilines is 3. The molecular formula is C69H53GeN. The summed E-state index contributed by atoms with van der Waals surface area (Å²) >= 11 is -1.89. The number of nitrogens with zero attached hydrogens (tertiary/aromatic N) is 1. The van der Waals surface area contributed by atoms with Gasteiger partial charge in [0.15, 0.2) is 0 Å². The zero-order chi connectivity index (χ0) is 47.9. The Balaban J connectivity index is 0.877. The summed E-state index contributed by atoms with van der Waals surface area (Å²) in [5, 5.41) is 7.43. The topological polar surface area (TPSA) is 3.24 Å². The standard InChI is InChI=1S/C69H53GeN/c1-70(2,3)66-34-26-50(27-35-66)59-22-16-56-19-25-62(47-65(56)44-59)53-32-40-69(41-33-53)71(67-36-28-51(29-37-67)60-23-17-54-14-20-57(42-63(54)45-60)48-10-6-4-7-11-48)68-38-30-52(31-39-68)61-24-18-55-15-21-58(43-64(55)46-61)49-12-8-5-9-13-49/h4-47H,1-3H3. The molecule has 12 aromatic rings. The van der Waals surface area contributed by atoms with Crippen LogP contribution in [0.2, 0.25) is 17.3 Å². The van der Waals surface area contributed by atoms with Crippen LogP contribution in [0.3, 0.4) is 0 Å². The summed E-state index contributed by atoms with van der Waals surface area (Å²) in [5.41, 5.74) is 17.9. The van der Waals surface area contributed by atoms with Crippen LogP contribution < -0.4 is 9.30 Å². The van der Waals surface area contributed by atoms with Crippen molar-refractivity contribution in [1.29, 1.82) is 0 Å². The number of benzene rings is 12. The van der Waals surface area contributed by atoms with Gasteiger partial charge in [0.25, 0.3) is 0 Å². The Morgan fingerprint density at radius 3 is 0.690 bits per heavy atom. The average Bonchev–Trinajstić information content (AvgIpc) is 3.43. The Kier molecular flexibility index (Phi) is 11.5. The van der Waals surface area contributed by atoms with Gasteiger partial charge in [0, 0.05) is 17.1 Å². The zero-order valence-corrected chi connectivity index (χ0v) is 42.4. The molecule has 0 saturated carbocycles. The molecule has 0 unspecified atom stereocenters. The summed E-state index contributed by atoms with van der Waals surface area (Å²) in [6, 6.07) is 98.5. The van der Waals surface area contributed by atoms with Crippen molar-refractivity contribution in [2.75, 3.05) is 4.90 Å². The van der Waals surface area contributed by atoms with Crippen molar-refractivity contribution in [2.45, 2.75) is 17.3 Å². The van der Waals surface area contributed by atoms with Crippen molar-refractivity contribution >= 4 is 67.0 Å². The van der Waals surface area contributed by atoms with Crippen molar-refractivity contribution in [1.82, 2.24) is 0 Å². The third-order valence-electron chi connectivity index (χ3n) is 14.2. The second-order valence-corrected chi connectivity index (χ2v) is 30.5. The van der Waals surface area contributed by atoms with Gasteiger partial charge in [0.2, 0.25) is 0 Å². The molecule has 0 fully saturated rings. The van der Waals surface area contributed by atoms with Crippen LogP contribution in [0.5, 0.6) is 0 Å². The molecule has 0 amide bonds. The number of rotatable bonds is 10. The van der Waals surface area contributed by atoms with E-state index in [0.29, 0.717) is 0 Å². The third kappa shape index (κ3) is 9.09. The quantitative estimate of drug-likeness (QED) is 0.123. The number of hydrogen-bond donors (Lipinski definition) is 0. The zero-order valence-electron chi connectivity index (χ0n) is 40.4. The van der Waals surface area contributed by atoms with Crippen LogP contribution in [0.15, 0.2) is 267 Å². The Hall–Kier alpha value is -8.24. The summed E-state index contributed by atoms with van der Waals surface area (Å²) in [5.74, 6) is 7.36. The summed E-state index contributed by atoms with van der Waals surface area (Å²) in [7, 11) is 0. The Morgan fingerprint density at radius 2 is 0.437 bits per heavy atom. The molecule has 0 bridgehead atoms. The summed E-state index contributed by atoms with van der Waals surface area (Å²) in [4.78, 5) is 2.37. The Bertz CT molecular complexity index is 3690. The van der Waals surface area contributed by atoms with E-state index >= 15 is 0 Å². The molecular weight excluding hydrogens is 915 g/mol. The molecule has 0 heterocycles. The van der Waals surface area contributed by atoms with Crippen molar-refractivity contribution in [3.8, 4) is 66.8 Å². The molecule has 0 saturated heterocycles. The van der Waals surface area contributed by atoms with Gasteiger partial charge >= 0.3 is 153 Å². The summed E-state index contributed by atoms with van der Waals surface area (Å²) in [6.45, 7) is 0. The van der Waals surface area contributed by atoms with Gasteiger partial charge in [-0.25, -0.2) is 0 Å². The van der Waals surface area contributed by atoms with Crippen molar-refractivity contribution < 1.29 is 0 Å². The van der Waals surface area contributed by atoms with Crippen molar-refractivity contribution in [3.63, 3.8) is 0 Å². The molecule has 1 nitrogen and oxygen atoms in total. The molecule has 71 heavy (non-hydrogen) atoms. The van der Waals surface area contributed by atoms with Gasteiger partial charge in [0.1, 0.15) is 0 Å². The molecule has 0 spiro atoms. The van der Waals surface area contributed by atoms with Crippen LogP contribution in [-0.2, 0) is 0 Å². The van der Waals surface area contributed by atoms with Gasteiger partial charge < -0.3 is 4.90 Å². The monoisotopic (exact) mass is 969 g/mol. The van der Waals surface area contributed by atoms with E-state index in [0.717, 1.165) is 17.1 Å². The van der Waals surface area contributed by atoms with Gasteiger partial charge in [-0.2, -0.15) is 0 Å². The molecule has 0 aromatic heterocycles. The Labute approximate surface area is 420 Å². The van der Waals surface area contributed by atoms with Crippen LogP contribution in [0.1, 0.15) is 0 Å². The van der Waals surface area contributed by atoms with E-state index in [4.69, 9.17) is 0 Å². The van der Waals surface area contributed by atoms with E-state index in [-0.39, 0.29) is 0 Å². The molecule has 0 atom stereocenters. The number of hydrogen-bond acceptors (Lipinski definition) is 1. The molecule has 2 heteroatoms. The van der Waals surface area contributed by atoms with Gasteiger partial charge in [-0.15, -0.1) is 0 Å². The first-order valence-corrected chi connectivity index (χ1v) is 32.0. The molecule has 0 radical (unpaired) electrons. The fourth-order valence-corrected chi connectivity index (χ4v) is 12.5. The average molecular weight is 969 g/mol. The maximum absolute atomic E-state index is 2.45. The fraction of sp³-hybridized carbons (Fsp3) is 0.0435. The number of fused-ring (bicyclic) bond motifs is 3. The molecule has 12 rings (SSSR count). The predicted molar refractivity (Wildman–Crippen MR) is 309 cm³/mol. The van der Waals surface area contributed by atoms with Gasteiger partial charge in [-0.3, -0.25) is 0 Å². The van der Waals surface area contributed by atoms with Crippen molar-refractivity contribution in [2.24, 2.45) is 0 Å². The van der Waals surface area contributed by atoms with E-state index in [1.165, 1.54) is 103 Å². The minimum atomic E-state index is -1.89. The molecule has 0 N–H and O–H groups in total. The van der Waals surface area contributed by atoms with Crippen LogP contribution in [0, 0.1) is 0 Å². The first-order valence-electron chi connectivity index (χ1n) is 24.7. The SMILES string of the molecule is [CH3][Ge]([CH3])([CH3])[c]1ccc(-c2ccc3ccc(-c4ccc(N(c5ccc(-c6ccc7ccc(-c8ccccc8)cc7c6)cc5)c5ccc(-c6ccc7ccc(-c8ccccc8)cc7c6)cc5)cc4)cc3c2)cc1. The second kappa shape index (κ2) is 18.6. The molecule has 0 aliphatic heterocycles. The van der Waals surface area contributed by atoms with Gasteiger partial charge in [-0.05, 0) is 115 Å². The van der Waals surface area contributed by atoms with E-state index in [1.54, 1.807) is 0 Å². The molecule has 338 valence electrons. The maximum atomic E-state index is 2.45. The minimum absolute atomic E-state index is 1.09. The fourth-order valence-electron chi connectivity index (χ4n) is 10.1. The predicted octanol–water partition coefficient (Wildman–Crippen LogP) is 19.2. The van der Waals surface area contributed by atoms with Crippen LogP contribution in [-0.4, -0.2) is 13.3 Å². The second-order valence-electron chi connectivity index (χ2n) is 19.9. The first kappa shape index (κ1) is 44.0. The van der Waals surface area contributed by atoms with Crippen LogP contribution >= 0.6 is 0 Å². The summed E-state index contributed by atoms with van der Waals surface area (Å²) in [6.07, 6.45) is 0. The molecule has 0 aliphatic carbocycles. The first-order chi connectivity index (χ1) is 34.8. The van der Waals surface area contributed by atoms with E-state index in [2.05, 4.69) is 289 Å². The normalized spacial score (nSPS) is 11.6. The Morgan fingerprint density at radius 1 is 0.211 bits per heavy atom. The van der Waals surface area contributed by atoms with Gasteiger partial charge in [-0.1, -0.05) is 133 Å². The van der Waals surface area contributed by atoms with Crippen LogP contribution in [0.4, 0.5) is 17.1 Å². The van der Waals surface area contributed by atoms with E-state index in [9.17, 15) is 0 Å². The van der Waals surface area contributed by atoms with E-state index < -0.39 is 13.3 Å². The van der Waals surface area contributed by atoms with Crippen LogP contribution in [0.25, 0.3) is 99.1 Å².